The first-order chi connectivity index (χ1) is 12.7. The molecular formula is C18H21F4N5. The van der Waals surface area contributed by atoms with Gasteiger partial charge in [-0.2, -0.15) is 18.2 Å². The predicted molar refractivity (Wildman–Crippen MR) is 96.6 cm³/mol. The smallest absolute Gasteiger partial charge is 0.382 e. The van der Waals surface area contributed by atoms with Crippen LogP contribution in [-0.4, -0.2) is 43.2 Å². The number of aromatic nitrogens is 2. The standard InChI is InChI=1S/C18H21F4N5/c1-26(2)16-11-15(18(20,21)22)24-17(25-16)27-9-7-14(8-10-27)23-13-5-3-12(19)4-6-13/h3-6,11,14,23H,7-10H2,1-2H3. The molecule has 5 nitrogen and oxygen atoms in total. The van der Waals surface area contributed by atoms with E-state index in [-0.39, 0.29) is 23.6 Å². The van der Waals surface area contributed by atoms with Gasteiger partial charge in [-0.1, -0.05) is 0 Å². The van der Waals surface area contributed by atoms with Crippen molar-refractivity contribution in [1.82, 2.24) is 9.97 Å². The minimum Gasteiger partial charge on any atom is -0.382 e. The molecule has 0 unspecified atom stereocenters. The van der Waals surface area contributed by atoms with Crippen LogP contribution in [0, 0.1) is 5.82 Å². The largest absolute Gasteiger partial charge is 0.433 e. The molecule has 0 radical (unpaired) electrons. The van der Waals surface area contributed by atoms with Crippen LogP contribution in [0.4, 0.5) is 35.0 Å². The van der Waals surface area contributed by atoms with Gasteiger partial charge < -0.3 is 15.1 Å². The molecule has 1 fully saturated rings. The Kier molecular flexibility index (Phi) is 5.38. The van der Waals surface area contributed by atoms with Gasteiger partial charge in [0.2, 0.25) is 5.95 Å². The molecule has 2 heterocycles. The van der Waals surface area contributed by atoms with Gasteiger partial charge in [0, 0.05) is 45.0 Å². The number of benzene rings is 1. The third-order valence-electron chi connectivity index (χ3n) is 4.44. The third-order valence-corrected chi connectivity index (χ3v) is 4.44. The summed E-state index contributed by atoms with van der Waals surface area (Å²) in [6, 6.07) is 7.22. The summed E-state index contributed by atoms with van der Waals surface area (Å²) in [4.78, 5) is 11.3. The van der Waals surface area contributed by atoms with Crippen molar-refractivity contribution in [3.63, 3.8) is 0 Å². The number of nitrogens with one attached hydrogen (secondary N) is 1. The lowest BCUT2D eigenvalue weighted by Crippen LogP contribution is -2.40. The number of anilines is 3. The molecule has 3 rings (SSSR count). The Hall–Kier alpha value is -2.58. The number of hydrogen-bond acceptors (Lipinski definition) is 5. The fourth-order valence-corrected chi connectivity index (χ4v) is 2.94. The molecule has 0 amide bonds. The van der Waals surface area contributed by atoms with Gasteiger partial charge in [-0.3, -0.25) is 0 Å². The summed E-state index contributed by atoms with van der Waals surface area (Å²) in [6.45, 7) is 1.07. The van der Waals surface area contributed by atoms with Crippen LogP contribution in [0.1, 0.15) is 18.5 Å². The van der Waals surface area contributed by atoms with Crippen LogP contribution in [0.25, 0.3) is 0 Å². The lowest BCUT2D eigenvalue weighted by molar-refractivity contribution is -0.141. The van der Waals surface area contributed by atoms with Crippen molar-refractivity contribution in [2.24, 2.45) is 0 Å². The molecule has 1 aliphatic heterocycles. The highest BCUT2D eigenvalue weighted by Crippen LogP contribution is 2.31. The number of halogens is 4. The number of piperidine rings is 1. The van der Waals surface area contributed by atoms with Gasteiger partial charge in [0.1, 0.15) is 11.6 Å². The monoisotopic (exact) mass is 383 g/mol. The van der Waals surface area contributed by atoms with Gasteiger partial charge >= 0.3 is 6.18 Å². The first-order valence-electron chi connectivity index (χ1n) is 8.63. The van der Waals surface area contributed by atoms with Gasteiger partial charge in [0.05, 0.1) is 0 Å². The summed E-state index contributed by atoms with van der Waals surface area (Å²) in [5.74, 6) is 0.0152. The van der Waals surface area contributed by atoms with Gasteiger partial charge in [-0.25, -0.2) is 9.37 Å². The molecule has 9 heteroatoms. The fraction of sp³-hybridized carbons (Fsp3) is 0.444. The van der Waals surface area contributed by atoms with E-state index in [0.29, 0.717) is 25.9 Å². The second-order valence-corrected chi connectivity index (χ2v) is 6.72. The molecule has 1 saturated heterocycles. The Morgan fingerprint density at radius 3 is 2.26 bits per heavy atom. The molecule has 0 aliphatic carbocycles. The number of alkyl halides is 3. The van der Waals surface area contributed by atoms with Gasteiger partial charge in [-0.15, -0.1) is 0 Å². The second kappa shape index (κ2) is 7.58. The SMILES string of the molecule is CN(C)c1cc(C(F)(F)F)nc(N2CCC(Nc3ccc(F)cc3)CC2)n1. The van der Waals surface area contributed by atoms with E-state index < -0.39 is 11.9 Å². The molecule has 0 atom stereocenters. The zero-order valence-corrected chi connectivity index (χ0v) is 15.1. The van der Waals surface area contributed by atoms with Crippen molar-refractivity contribution in [2.75, 3.05) is 42.3 Å². The van der Waals surface area contributed by atoms with E-state index in [4.69, 9.17) is 0 Å². The Balaban J connectivity index is 1.70. The van der Waals surface area contributed by atoms with Gasteiger partial charge in [0.25, 0.3) is 0 Å². The molecule has 2 aromatic rings. The number of hydrogen-bond donors (Lipinski definition) is 1. The first-order valence-corrected chi connectivity index (χ1v) is 8.63. The molecule has 0 spiro atoms. The molecule has 1 aromatic carbocycles. The van der Waals surface area contributed by atoms with E-state index >= 15 is 0 Å². The topological polar surface area (TPSA) is 44.3 Å². The van der Waals surface area contributed by atoms with Crippen molar-refractivity contribution in [3.05, 3.63) is 41.8 Å². The summed E-state index contributed by atoms with van der Waals surface area (Å²) in [5, 5.41) is 3.32. The minimum absolute atomic E-state index is 0.0914. The van der Waals surface area contributed by atoms with Gasteiger partial charge in [0.15, 0.2) is 5.69 Å². The maximum Gasteiger partial charge on any atom is 0.433 e. The molecule has 1 aliphatic rings. The molecular weight excluding hydrogens is 362 g/mol. The average molecular weight is 383 g/mol. The zero-order valence-electron chi connectivity index (χ0n) is 15.1. The van der Waals surface area contributed by atoms with E-state index in [0.717, 1.165) is 11.8 Å². The van der Waals surface area contributed by atoms with Crippen LogP contribution >= 0.6 is 0 Å². The minimum atomic E-state index is -4.52. The van der Waals surface area contributed by atoms with Crippen LogP contribution < -0.4 is 15.1 Å². The second-order valence-electron chi connectivity index (χ2n) is 6.72. The summed E-state index contributed by atoms with van der Waals surface area (Å²) < 4.78 is 52.4. The van der Waals surface area contributed by atoms with Crippen molar-refractivity contribution < 1.29 is 17.6 Å². The average Bonchev–Trinajstić information content (AvgIpc) is 2.63. The summed E-state index contributed by atoms with van der Waals surface area (Å²) in [6.07, 6.45) is -3.09. The fourth-order valence-electron chi connectivity index (χ4n) is 2.94. The quantitative estimate of drug-likeness (QED) is 0.814. The lowest BCUT2D eigenvalue weighted by Gasteiger charge is -2.33. The van der Waals surface area contributed by atoms with E-state index in [1.807, 2.05) is 0 Å². The molecule has 1 N–H and O–H groups in total. The van der Waals surface area contributed by atoms with E-state index in [9.17, 15) is 17.6 Å². The molecule has 1 aromatic heterocycles. The van der Waals surface area contributed by atoms with E-state index in [1.54, 1.807) is 31.1 Å². The van der Waals surface area contributed by atoms with Gasteiger partial charge in [-0.05, 0) is 37.1 Å². The lowest BCUT2D eigenvalue weighted by atomic mass is 10.0. The van der Waals surface area contributed by atoms with Crippen molar-refractivity contribution in [1.29, 1.82) is 0 Å². The predicted octanol–water partition coefficient (Wildman–Crippen LogP) is 3.78. The molecule has 0 bridgehead atoms. The third kappa shape index (κ3) is 4.78. The van der Waals surface area contributed by atoms with Crippen LogP contribution in [0.2, 0.25) is 0 Å². The molecule has 146 valence electrons. The first kappa shape index (κ1) is 19.2. The highest BCUT2D eigenvalue weighted by atomic mass is 19.4. The van der Waals surface area contributed by atoms with Crippen LogP contribution in [0.15, 0.2) is 30.3 Å². The van der Waals surface area contributed by atoms with Crippen LogP contribution in [0.5, 0.6) is 0 Å². The number of nitrogens with zero attached hydrogens (tertiary/aromatic N) is 4. The zero-order chi connectivity index (χ0) is 19.6. The summed E-state index contributed by atoms with van der Waals surface area (Å²) in [5.41, 5.74) is -0.122. The Labute approximate surface area is 155 Å². The summed E-state index contributed by atoms with van der Waals surface area (Å²) in [7, 11) is 3.29. The van der Waals surface area contributed by atoms with Crippen molar-refractivity contribution in [3.8, 4) is 0 Å². The Morgan fingerprint density at radius 1 is 1.07 bits per heavy atom. The van der Waals surface area contributed by atoms with Crippen LogP contribution in [-0.2, 0) is 6.18 Å². The van der Waals surface area contributed by atoms with E-state index in [2.05, 4.69) is 15.3 Å². The Bertz CT molecular complexity index is 768. The Morgan fingerprint density at radius 2 is 1.70 bits per heavy atom. The highest BCUT2D eigenvalue weighted by Gasteiger charge is 2.35. The molecule has 27 heavy (non-hydrogen) atoms. The van der Waals surface area contributed by atoms with Crippen molar-refractivity contribution >= 4 is 17.5 Å². The summed E-state index contributed by atoms with van der Waals surface area (Å²) >= 11 is 0. The van der Waals surface area contributed by atoms with E-state index in [1.165, 1.54) is 17.0 Å². The van der Waals surface area contributed by atoms with Crippen molar-refractivity contribution in [2.45, 2.75) is 25.1 Å². The highest BCUT2D eigenvalue weighted by molar-refractivity contribution is 5.47. The maximum atomic E-state index is 13.1. The molecule has 0 saturated carbocycles. The van der Waals surface area contributed by atoms with Crippen LogP contribution in [0.3, 0.4) is 0 Å². The number of rotatable bonds is 4. The normalized spacial score (nSPS) is 15.7. The maximum absolute atomic E-state index is 13.1.